The van der Waals surface area contributed by atoms with Crippen molar-refractivity contribution >= 4 is 0 Å². The SMILES string of the molecule is CC(C)(C)NCCc1cccc2c1CCNC2. The fourth-order valence-corrected chi connectivity index (χ4v) is 2.42. The molecular formula is C15H24N2. The molecule has 2 nitrogen and oxygen atoms in total. The molecular weight excluding hydrogens is 208 g/mol. The van der Waals surface area contributed by atoms with E-state index >= 15 is 0 Å². The van der Waals surface area contributed by atoms with Gasteiger partial charge >= 0.3 is 0 Å². The molecule has 0 atom stereocenters. The van der Waals surface area contributed by atoms with Crippen LogP contribution in [0.25, 0.3) is 0 Å². The van der Waals surface area contributed by atoms with E-state index in [4.69, 9.17) is 0 Å². The van der Waals surface area contributed by atoms with E-state index in [2.05, 4.69) is 49.6 Å². The first-order valence-corrected chi connectivity index (χ1v) is 6.62. The third-order valence-corrected chi connectivity index (χ3v) is 3.29. The van der Waals surface area contributed by atoms with E-state index in [-0.39, 0.29) is 5.54 Å². The predicted octanol–water partition coefficient (Wildman–Crippen LogP) is 2.26. The van der Waals surface area contributed by atoms with Crippen LogP contribution < -0.4 is 10.6 Å². The number of hydrogen-bond donors (Lipinski definition) is 2. The summed E-state index contributed by atoms with van der Waals surface area (Å²) in [7, 11) is 0. The van der Waals surface area contributed by atoms with Gasteiger partial charge in [0.05, 0.1) is 0 Å². The topological polar surface area (TPSA) is 24.1 Å². The molecule has 0 spiro atoms. The van der Waals surface area contributed by atoms with Gasteiger partial charge in [0.2, 0.25) is 0 Å². The van der Waals surface area contributed by atoms with Crippen molar-refractivity contribution in [3.05, 3.63) is 34.9 Å². The largest absolute Gasteiger partial charge is 0.312 e. The minimum atomic E-state index is 0.219. The molecule has 0 bridgehead atoms. The van der Waals surface area contributed by atoms with Crippen molar-refractivity contribution in [2.75, 3.05) is 13.1 Å². The van der Waals surface area contributed by atoms with E-state index in [9.17, 15) is 0 Å². The van der Waals surface area contributed by atoms with Gasteiger partial charge < -0.3 is 10.6 Å². The molecule has 1 aliphatic heterocycles. The van der Waals surface area contributed by atoms with Crippen LogP contribution in [0.3, 0.4) is 0 Å². The van der Waals surface area contributed by atoms with Crippen molar-refractivity contribution in [3.63, 3.8) is 0 Å². The van der Waals surface area contributed by atoms with Gasteiger partial charge in [-0.15, -0.1) is 0 Å². The summed E-state index contributed by atoms with van der Waals surface area (Å²) in [5.74, 6) is 0. The van der Waals surface area contributed by atoms with Crippen LogP contribution in [0.2, 0.25) is 0 Å². The molecule has 0 unspecified atom stereocenters. The zero-order chi connectivity index (χ0) is 12.3. The number of hydrogen-bond acceptors (Lipinski definition) is 2. The Labute approximate surface area is 105 Å². The van der Waals surface area contributed by atoms with Crippen LogP contribution in [0.5, 0.6) is 0 Å². The van der Waals surface area contributed by atoms with Gasteiger partial charge in [0, 0.05) is 12.1 Å². The maximum absolute atomic E-state index is 3.56. The lowest BCUT2D eigenvalue weighted by molar-refractivity contribution is 0.429. The standard InChI is InChI=1S/C15H24N2/c1-15(2,3)17-10-7-12-5-4-6-13-11-16-9-8-14(12)13/h4-6,16-17H,7-11H2,1-3H3. The molecule has 1 aromatic rings. The smallest absolute Gasteiger partial charge is 0.0208 e. The van der Waals surface area contributed by atoms with Crippen LogP contribution in [0.4, 0.5) is 0 Å². The molecule has 1 aliphatic rings. The fraction of sp³-hybridized carbons (Fsp3) is 0.600. The van der Waals surface area contributed by atoms with Crippen molar-refractivity contribution in [1.29, 1.82) is 0 Å². The van der Waals surface area contributed by atoms with Gasteiger partial charge in [0.25, 0.3) is 0 Å². The molecule has 2 N–H and O–H groups in total. The molecule has 0 saturated heterocycles. The molecule has 0 saturated carbocycles. The highest BCUT2D eigenvalue weighted by atomic mass is 14.9. The van der Waals surface area contributed by atoms with Crippen molar-refractivity contribution in [2.45, 2.75) is 45.7 Å². The Bertz CT molecular complexity index is 377. The normalized spacial score (nSPS) is 15.7. The van der Waals surface area contributed by atoms with Crippen molar-refractivity contribution in [1.82, 2.24) is 10.6 Å². The summed E-state index contributed by atoms with van der Waals surface area (Å²) in [6, 6.07) is 6.73. The Balaban J connectivity index is 2.01. The van der Waals surface area contributed by atoms with Gasteiger partial charge in [-0.05, 0) is 63.4 Å². The predicted molar refractivity (Wildman–Crippen MR) is 73.3 cm³/mol. The first-order valence-electron chi connectivity index (χ1n) is 6.62. The Hall–Kier alpha value is -0.860. The van der Waals surface area contributed by atoms with E-state index in [1.54, 1.807) is 5.56 Å². The summed E-state index contributed by atoms with van der Waals surface area (Å²) in [4.78, 5) is 0. The number of benzene rings is 1. The average Bonchev–Trinajstić information content (AvgIpc) is 2.28. The second kappa shape index (κ2) is 5.19. The maximum atomic E-state index is 3.56. The minimum Gasteiger partial charge on any atom is -0.312 e. The first kappa shape index (κ1) is 12.6. The molecule has 94 valence electrons. The van der Waals surface area contributed by atoms with Gasteiger partial charge in [-0.1, -0.05) is 18.2 Å². The van der Waals surface area contributed by atoms with Crippen LogP contribution in [0, 0.1) is 0 Å². The summed E-state index contributed by atoms with van der Waals surface area (Å²) in [6.45, 7) is 9.88. The third-order valence-electron chi connectivity index (χ3n) is 3.29. The molecule has 1 aromatic carbocycles. The molecule has 2 heteroatoms. The van der Waals surface area contributed by atoms with Crippen LogP contribution >= 0.6 is 0 Å². The molecule has 0 amide bonds. The Morgan fingerprint density at radius 1 is 1.29 bits per heavy atom. The molecule has 2 rings (SSSR count). The van der Waals surface area contributed by atoms with Crippen molar-refractivity contribution in [2.24, 2.45) is 0 Å². The van der Waals surface area contributed by atoms with Crippen LogP contribution in [0.15, 0.2) is 18.2 Å². The summed E-state index contributed by atoms with van der Waals surface area (Å²) < 4.78 is 0. The zero-order valence-electron chi connectivity index (χ0n) is 11.3. The van der Waals surface area contributed by atoms with E-state index in [1.807, 2.05) is 0 Å². The van der Waals surface area contributed by atoms with Crippen LogP contribution in [-0.2, 0) is 19.4 Å². The lowest BCUT2D eigenvalue weighted by Crippen LogP contribution is -2.37. The van der Waals surface area contributed by atoms with E-state index < -0.39 is 0 Å². The van der Waals surface area contributed by atoms with Gasteiger partial charge in [-0.3, -0.25) is 0 Å². The maximum Gasteiger partial charge on any atom is 0.0208 e. The molecule has 0 radical (unpaired) electrons. The lowest BCUT2D eigenvalue weighted by atomic mass is 9.93. The quantitative estimate of drug-likeness (QED) is 0.835. The Kier molecular flexibility index (Phi) is 3.85. The molecule has 0 aromatic heterocycles. The fourth-order valence-electron chi connectivity index (χ4n) is 2.42. The van der Waals surface area contributed by atoms with E-state index in [1.165, 1.54) is 17.5 Å². The Morgan fingerprint density at radius 3 is 2.88 bits per heavy atom. The van der Waals surface area contributed by atoms with Crippen molar-refractivity contribution in [3.8, 4) is 0 Å². The second-order valence-corrected chi connectivity index (χ2v) is 5.91. The van der Waals surface area contributed by atoms with E-state index in [0.29, 0.717) is 0 Å². The number of nitrogens with one attached hydrogen (secondary N) is 2. The summed E-state index contributed by atoms with van der Waals surface area (Å²) in [6.07, 6.45) is 2.32. The second-order valence-electron chi connectivity index (χ2n) is 5.91. The molecule has 0 fully saturated rings. The summed E-state index contributed by atoms with van der Waals surface area (Å²) in [5, 5.41) is 6.99. The number of rotatable bonds is 3. The third kappa shape index (κ3) is 3.55. The molecule has 1 heterocycles. The highest BCUT2D eigenvalue weighted by Crippen LogP contribution is 2.19. The van der Waals surface area contributed by atoms with Gasteiger partial charge in [-0.25, -0.2) is 0 Å². The molecule has 17 heavy (non-hydrogen) atoms. The molecule has 0 aliphatic carbocycles. The van der Waals surface area contributed by atoms with Gasteiger partial charge in [0.1, 0.15) is 0 Å². The van der Waals surface area contributed by atoms with Gasteiger partial charge in [-0.2, -0.15) is 0 Å². The Morgan fingerprint density at radius 2 is 2.12 bits per heavy atom. The van der Waals surface area contributed by atoms with Crippen LogP contribution in [0.1, 0.15) is 37.5 Å². The minimum absolute atomic E-state index is 0.219. The monoisotopic (exact) mass is 232 g/mol. The number of fused-ring (bicyclic) bond motifs is 1. The average molecular weight is 232 g/mol. The highest BCUT2D eigenvalue weighted by Gasteiger charge is 2.13. The van der Waals surface area contributed by atoms with E-state index in [0.717, 1.165) is 26.1 Å². The summed E-state index contributed by atoms with van der Waals surface area (Å²) in [5.41, 5.74) is 4.82. The van der Waals surface area contributed by atoms with Crippen molar-refractivity contribution < 1.29 is 0 Å². The zero-order valence-corrected chi connectivity index (χ0v) is 11.3. The lowest BCUT2D eigenvalue weighted by Gasteiger charge is -2.23. The highest BCUT2D eigenvalue weighted by molar-refractivity contribution is 5.37. The first-order chi connectivity index (χ1) is 8.06. The van der Waals surface area contributed by atoms with Crippen LogP contribution in [-0.4, -0.2) is 18.6 Å². The summed E-state index contributed by atoms with van der Waals surface area (Å²) >= 11 is 0. The van der Waals surface area contributed by atoms with Gasteiger partial charge in [0.15, 0.2) is 0 Å².